The van der Waals surface area contributed by atoms with Crippen molar-refractivity contribution in [2.24, 2.45) is 5.92 Å². The van der Waals surface area contributed by atoms with Crippen LogP contribution in [0.15, 0.2) is 66.7 Å². The third kappa shape index (κ3) is 4.58. The van der Waals surface area contributed by atoms with E-state index in [-0.39, 0.29) is 17.6 Å². The van der Waals surface area contributed by atoms with Gasteiger partial charge in [0.05, 0.1) is 5.69 Å². The van der Waals surface area contributed by atoms with E-state index in [1.54, 1.807) is 6.07 Å². The van der Waals surface area contributed by atoms with Crippen molar-refractivity contribution in [2.75, 3.05) is 18.0 Å². The van der Waals surface area contributed by atoms with E-state index < -0.39 is 0 Å². The van der Waals surface area contributed by atoms with Crippen LogP contribution in [0.2, 0.25) is 0 Å². The first-order valence-electron chi connectivity index (χ1n) is 11.3. The molecular weight excluding hydrogens is 417 g/mol. The second kappa shape index (κ2) is 9.02. The molecule has 1 saturated heterocycles. The second-order valence-corrected chi connectivity index (χ2v) is 8.53. The van der Waals surface area contributed by atoms with Gasteiger partial charge in [-0.1, -0.05) is 42.5 Å². The molecule has 0 bridgehead atoms. The van der Waals surface area contributed by atoms with Gasteiger partial charge in [-0.05, 0) is 37.5 Å². The van der Waals surface area contributed by atoms with Crippen LogP contribution in [0.4, 0.5) is 10.2 Å². The normalized spacial score (nSPS) is 14.5. The molecule has 0 spiro atoms. The first-order valence-corrected chi connectivity index (χ1v) is 11.3. The van der Waals surface area contributed by atoms with Gasteiger partial charge in [-0.25, -0.2) is 9.37 Å². The van der Waals surface area contributed by atoms with Gasteiger partial charge in [-0.3, -0.25) is 4.79 Å². The Bertz CT molecular complexity index is 1280. The molecular formula is C26H26FN5O. The molecule has 1 amide bonds. The van der Waals surface area contributed by atoms with Crippen LogP contribution < -0.4 is 10.2 Å². The standard InChI is InChI=1S/C26H26FN5O/c1-18-14-25(32-24(29-18)16-23(30-32)20-7-3-2-4-8-20)31-12-10-21(11-13-31)26(33)28-17-19-6-5-9-22(27)15-19/h2-9,14-16,21H,10-13,17H2,1H3,(H,28,33). The summed E-state index contributed by atoms with van der Waals surface area (Å²) < 4.78 is 15.3. The smallest absolute Gasteiger partial charge is 0.223 e. The number of carbonyl (C=O) groups is 1. The van der Waals surface area contributed by atoms with Gasteiger partial charge in [0.2, 0.25) is 5.91 Å². The SMILES string of the molecule is Cc1cc(N2CCC(C(=O)NCc3cccc(F)c3)CC2)n2nc(-c3ccccc3)cc2n1. The lowest BCUT2D eigenvalue weighted by molar-refractivity contribution is -0.125. The summed E-state index contributed by atoms with van der Waals surface area (Å²) in [5, 5.41) is 7.79. The topological polar surface area (TPSA) is 62.5 Å². The first-order chi connectivity index (χ1) is 16.1. The summed E-state index contributed by atoms with van der Waals surface area (Å²) in [4.78, 5) is 19.6. The van der Waals surface area contributed by atoms with Crippen LogP contribution >= 0.6 is 0 Å². The Morgan fingerprint density at radius 3 is 2.61 bits per heavy atom. The average Bonchev–Trinajstić information content (AvgIpc) is 3.27. The van der Waals surface area contributed by atoms with Crippen molar-refractivity contribution in [3.63, 3.8) is 0 Å². The molecule has 1 fully saturated rings. The summed E-state index contributed by atoms with van der Waals surface area (Å²) in [6.07, 6.45) is 1.51. The molecule has 0 radical (unpaired) electrons. The Kier molecular flexibility index (Phi) is 5.77. The molecule has 0 unspecified atom stereocenters. The number of amides is 1. The van der Waals surface area contributed by atoms with Crippen LogP contribution in [-0.4, -0.2) is 33.6 Å². The van der Waals surface area contributed by atoms with Crippen LogP contribution in [0.25, 0.3) is 16.9 Å². The zero-order valence-electron chi connectivity index (χ0n) is 18.5. The maximum absolute atomic E-state index is 13.4. The lowest BCUT2D eigenvalue weighted by atomic mass is 9.95. The molecule has 1 N–H and O–H groups in total. The van der Waals surface area contributed by atoms with E-state index in [2.05, 4.69) is 21.3 Å². The summed E-state index contributed by atoms with van der Waals surface area (Å²) in [6.45, 7) is 3.86. The first kappa shape index (κ1) is 21.1. The maximum atomic E-state index is 13.4. The number of piperidine rings is 1. The maximum Gasteiger partial charge on any atom is 0.223 e. The Labute approximate surface area is 192 Å². The minimum atomic E-state index is -0.289. The van der Waals surface area contributed by atoms with E-state index in [0.717, 1.165) is 59.9 Å². The van der Waals surface area contributed by atoms with E-state index in [0.29, 0.717) is 6.54 Å². The third-order valence-corrected chi connectivity index (χ3v) is 6.15. The van der Waals surface area contributed by atoms with Crippen LogP contribution in [-0.2, 0) is 11.3 Å². The molecule has 1 aliphatic rings. The van der Waals surface area contributed by atoms with Crippen molar-refractivity contribution in [2.45, 2.75) is 26.3 Å². The Hall–Kier alpha value is -3.74. The quantitative estimate of drug-likeness (QED) is 0.497. The van der Waals surface area contributed by atoms with Gasteiger partial charge in [-0.2, -0.15) is 9.61 Å². The summed E-state index contributed by atoms with van der Waals surface area (Å²) >= 11 is 0. The molecule has 168 valence electrons. The third-order valence-electron chi connectivity index (χ3n) is 6.15. The summed E-state index contributed by atoms with van der Waals surface area (Å²) in [7, 11) is 0. The highest BCUT2D eigenvalue weighted by atomic mass is 19.1. The van der Waals surface area contributed by atoms with E-state index in [1.165, 1.54) is 12.1 Å². The van der Waals surface area contributed by atoms with Crippen LogP contribution in [0.5, 0.6) is 0 Å². The number of fused-ring (bicyclic) bond motifs is 1. The van der Waals surface area contributed by atoms with Gasteiger partial charge in [0.25, 0.3) is 0 Å². The molecule has 4 aromatic rings. The highest BCUT2D eigenvalue weighted by Crippen LogP contribution is 2.27. The monoisotopic (exact) mass is 443 g/mol. The lowest BCUT2D eigenvalue weighted by Crippen LogP contribution is -2.41. The molecule has 7 heteroatoms. The van der Waals surface area contributed by atoms with Gasteiger partial charge in [0, 0.05) is 48.9 Å². The molecule has 2 aromatic carbocycles. The highest BCUT2D eigenvalue weighted by Gasteiger charge is 2.26. The van der Waals surface area contributed by atoms with Gasteiger partial charge >= 0.3 is 0 Å². The fraction of sp³-hybridized carbons (Fsp3) is 0.269. The number of carbonyl (C=O) groups excluding carboxylic acids is 1. The zero-order valence-corrected chi connectivity index (χ0v) is 18.5. The number of hydrogen-bond donors (Lipinski definition) is 1. The van der Waals surface area contributed by atoms with Crippen LogP contribution in [0.3, 0.4) is 0 Å². The summed E-state index contributed by atoms with van der Waals surface area (Å²) in [5.74, 6) is 0.688. The number of nitrogens with zero attached hydrogens (tertiary/aromatic N) is 4. The van der Waals surface area contributed by atoms with Gasteiger partial charge in [-0.15, -0.1) is 0 Å². The Morgan fingerprint density at radius 1 is 1.06 bits per heavy atom. The van der Waals surface area contributed by atoms with Gasteiger partial charge in [0.15, 0.2) is 5.65 Å². The summed E-state index contributed by atoms with van der Waals surface area (Å²) in [5.41, 5.74) is 4.47. The lowest BCUT2D eigenvalue weighted by Gasteiger charge is -2.33. The fourth-order valence-electron chi connectivity index (χ4n) is 4.41. The molecule has 2 aromatic heterocycles. The number of rotatable bonds is 5. The minimum absolute atomic E-state index is 0.0282. The average molecular weight is 444 g/mol. The second-order valence-electron chi connectivity index (χ2n) is 8.53. The van der Waals surface area contributed by atoms with Gasteiger partial charge in [0.1, 0.15) is 11.6 Å². The number of hydrogen-bond acceptors (Lipinski definition) is 4. The summed E-state index contributed by atoms with van der Waals surface area (Å²) in [6, 6.07) is 20.5. The van der Waals surface area contributed by atoms with Crippen LogP contribution in [0, 0.1) is 18.7 Å². The van der Waals surface area contributed by atoms with E-state index >= 15 is 0 Å². The number of anilines is 1. The van der Waals surface area contributed by atoms with E-state index in [4.69, 9.17) is 5.10 Å². The molecule has 0 atom stereocenters. The molecule has 1 aliphatic heterocycles. The number of benzene rings is 2. The van der Waals surface area contributed by atoms with Crippen LogP contribution in [0.1, 0.15) is 24.1 Å². The Morgan fingerprint density at radius 2 is 1.85 bits per heavy atom. The fourth-order valence-corrected chi connectivity index (χ4v) is 4.41. The predicted molar refractivity (Wildman–Crippen MR) is 126 cm³/mol. The largest absolute Gasteiger partial charge is 0.356 e. The molecule has 6 nitrogen and oxygen atoms in total. The van der Waals surface area contributed by atoms with Crippen molar-refractivity contribution in [3.05, 3.63) is 83.8 Å². The zero-order chi connectivity index (χ0) is 22.8. The van der Waals surface area contributed by atoms with E-state index in [9.17, 15) is 9.18 Å². The van der Waals surface area contributed by atoms with Crippen molar-refractivity contribution < 1.29 is 9.18 Å². The molecule has 33 heavy (non-hydrogen) atoms. The van der Waals surface area contributed by atoms with Crippen molar-refractivity contribution in [1.29, 1.82) is 0 Å². The minimum Gasteiger partial charge on any atom is -0.356 e. The number of nitrogens with one attached hydrogen (secondary N) is 1. The van der Waals surface area contributed by atoms with Crippen molar-refractivity contribution in [3.8, 4) is 11.3 Å². The van der Waals surface area contributed by atoms with E-state index in [1.807, 2.05) is 53.9 Å². The number of halogens is 1. The molecule has 3 heterocycles. The molecule has 5 rings (SSSR count). The number of aromatic nitrogens is 3. The Balaban J connectivity index is 1.28. The van der Waals surface area contributed by atoms with Gasteiger partial charge < -0.3 is 10.2 Å². The molecule has 0 saturated carbocycles. The predicted octanol–water partition coefficient (Wildman–Crippen LogP) is 4.38. The van der Waals surface area contributed by atoms with Crippen molar-refractivity contribution in [1.82, 2.24) is 19.9 Å². The van der Waals surface area contributed by atoms with Crippen molar-refractivity contribution >= 4 is 17.4 Å². The highest BCUT2D eigenvalue weighted by molar-refractivity contribution is 5.79. The number of aryl methyl sites for hydroxylation is 1. The molecule has 0 aliphatic carbocycles.